The average Bonchev–Trinajstić information content (AvgIpc) is 3.54. The van der Waals surface area contributed by atoms with E-state index in [1.165, 1.54) is 6.33 Å². The number of rotatable bonds is 8. The van der Waals surface area contributed by atoms with Crippen LogP contribution in [0.25, 0.3) is 16.7 Å². The number of fused-ring (bicyclic) bond motifs is 1. The Morgan fingerprint density at radius 1 is 1.07 bits per heavy atom. The average molecular weight is 543 g/mol. The highest BCUT2D eigenvalue weighted by molar-refractivity contribution is 5.79. The molecule has 0 bridgehead atoms. The summed E-state index contributed by atoms with van der Waals surface area (Å²) >= 11 is 0. The van der Waals surface area contributed by atoms with Crippen LogP contribution in [-0.4, -0.2) is 35.2 Å². The van der Waals surface area contributed by atoms with Gasteiger partial charge in [-0.05, 0) is 42.0 Å². The fourth-order valence-electron chi connectivity index (χ4n) is 5.95. The third-order valence-corrected chi connectivity index (χ3v) is 8.03. The summed E-state index contributed by atoms with van der Waals surface area (Å²) in [4.78, 5) is 21.7. The highest BCUT2D eigenvalue weighted by Crippen LogP contribution is 2.56. The molecule has 40 heavy (non-hydrogen) atoms. The molecule has 0 atom stereocenters. The van der Waals surface area contributed by atoms with Gasteiger partial charge in [-0.3, -0.25) is 9.36 Å². The van der Waals surface area contributed by atoms with Gasteiger partial charge in [0, 0.05) is 37.3 Å². The van der Waals surface area contributed by atoms with Crippen LogP contribution in [0.2, 0.25) is 0 Å². The van der Waals surface area contributed by atoms with Crippen LogP contribution in [0.1, 0.15) is 59.9 Å². The molecule has 0 spiro atoms. The lowest BCUT2D eigenvalue weighted by Gasteiger charge is -2.46. The monoisotopic (exact) mass is 542 g/mol. The van der Waals surface area contributed by atoms with Crippen LogP contribution in [0.15, 0.2) is 71.9 Å². The van der Waals surface area contributed by atoms with Gasteiger partial charge < -0.3 is 14.3 Å². The minimum atomic E-state index is -2.79. The summed E-state index contributed by atoms with van der Waals surface area (Å²) in [5, 5.41) is 8.13. The smallest absolute Gasteiger partial charge is 0.281 e. The van der Waals surface area contributed by atoms with Crippen molar-refractivity contribution in [1.82, 2.24) is 29.3 Å². The quantitative estimate of drug-likeness (QED) is 0.293. The van der Waals surface area contributed by atoms with Crippen molar-refractivity contribution in [2.75, 3.05) is 0 Å². The second kappa shape index (κ2) is 9.19. The van der Waals surface area contributed by atoms with E-state index in [-0.39, 0.29) is 25.0 Å². The Morgan fingerprint density at radius 3 is 2.58 bits per heavy atom. The molecule has 0 saturated heterocycles. The maximum Gasteiger partial charge on any atom is 0.281 e. The minimum absolute atomic E-state index is 0.245. The number of hydrogen-bond acceptors (Lipinski definition) is 5. The van der Waals surface area contributed by atoms with Gasteiger partial charge in [0.1, 0.15) is 30.1 Å². The van der Waals surface area contributed by atoms with Gasteiger partial charge in [0.2, 0.25) is 0 Å². The van der Waals surface area contributed by atoms with Gasteiger partial charge in [-0.2, -0.15) is 0 Å². The Labute approximate surface area is 228 Å². The van der Waals surface area contributed by atoms with Crippen molar-refractivity contribution in [1.29, 1.82) is 0 Å². The molecule has 2 aromatic carbocycles. The van der Waals surface area contributed by atoms with E-state index >= 15 is 0 Å². The number of alkyl halides is 2. The molecule has 0 radical (unpaired) electrons. The first-order valence-electron chi connectivity index (χ1n) is 13.4. The van der Waals surface area contributed by atoms with E-state index in [1.807, 2.05) is 60.8 Å². The van der Waals surface area contributed by atoms with Crippen molar-refractivity contribution in [3.8, 4) is 5.69 Å². The van der Waals surface area contributed by atoms with E-state index in [4.69, 9.17) is 9.72 Å². The number of benzene rings is 2. The molecule has 5 aromatic rings. The number of aryl methyl sites for hydroxylation is 1. The fourth-order valence-corrected chi connectivity index (χ4v) is 5.95. The van der Waals surface area contributed by atoms with Gasteiger partial charge in [0.25, 0.3) is 11.5 Å². The van der Waals surface area contributed by atoms with Crippen molar-refractivity contribution in [2.24, 2.45) is 7.05 Å². The molecule has 1 N–H and O–H groups in total. The SMILES string of the molecule is Cn1cnnc1C1(c2cccc(-n3cc(C4CC4)c4nc(COCc5ccccc5)[nH]c4c3=O)c2)CC(F)(F)C1. The Morgan fingerprint density at radius 2 is 1.88 bits per heavy atom. The van der Waals surface area contributed by atoms with E-state index in [1.54, 1.807) is 16.2 Å². The molecule has 7 rings (SSSR count). The standard InChI is InChI=1S/C30H28F2N6O2/c1-37-18-33-36-28(37)29(16-30(31,32)17-29)21-8-5-9-22(12-21)38-13-23(20-10-11-20)25-26(27(38)39)35-24(34-25)15-40-14-19-6-3-2-4-7-19/h2-9,12-13,18,20H,10-11,14-17H2,1H3,(H,34,35). The summed E-state index contributed by atoms with van der Waals surface area (Å²) in [6.45, 7) is 0.688. The molecule has 204 valence electrons. The Hall–Kier alpha value is -4.18. The highest BCUT2D eigenvalue weighted by atomic mass is 19.3. The first kappa shape index (κ1) is 24.8. The molecule has 3 heterocycles. The van der Waals surface area contributed by atoms with Gasteiger partial charge in [-0.15, -0.1) is 10.2 Å². The van der Waals surface area contributed by atoms with E-state index in [9.17, 15) is 13.6 Å². The van der Waals surface area contributed by atoms with Crippen LogP contribution in [-0.2, 0) is 30.4 Å². The summed E-state index contributed by atoms with van der Waals surface area (Å²) < 4.78 is 37.8. The van der Waals surface area contributed by atoms with E-state index < -0.39 is 11.3 Å². The van der Waals surface area contributed by atoms with Gasteiger partial charge in [-0.1, -0.05) is 42.5 Å². The Bertz CT molecular complexity index is 1760. The summed E-state index contributed by atoms with van der Waals surface area (Å²) in [5.41, 5.74) is 3.23. The Kier molecular flexibility index (Phi) is 5.71. The first-order chi connectivity index (χ1) is 19.3. The lowest BCUT2D eigenvalue weighted by molar-refractivity contribution is -0.116. The summed E-state index contributed by atoms with van der Waals surface area (Å²) in [6, 6.07) is 17.2. The lowest BCUT2D eigenvalue weighted by Crippen LogP contribution is -2.51. The second-order valence-corrected chi connectivity index (χ2v) is 11.0. The molecule has 2 aliphatic rings. The van der Waals surface area contributed by atoms with Gasteiger partial charge in [0.05, 0.1) is 17.5 Å². The number of aromatic nitrogens is 6. The number of ether oxygens (including phenoxy) is 1. The molecule has 8 nitrogen and oxygen atoms in total. The van der Waals surface area contributed by atoms with E-state index in [0.717, 1.165) is 24.0 Å². The molecule has 2 fully saturated rings. The van der Waals surface area contributed by atoms with Crippen molar-refractivity contribution in [2.45, 2.75) is 56.2 Å². The normalized spacial score (nSPS) is 17.7. The molecule has 3 aromatic heterocycles. The van der Waals surface area contributed by atoms with Crippen LogP contribution in [0.5, 0.6) is 0 Å². The molecule has 0 amide bonds. The van der Waals surface area contributed by atoms with Crippen LogP contribution >= 0.6 is 0 Å². The topological polar surface area (TPSA) is 90.6 Å². The zero-order valence-corrected chi connectivity index (χ0v) is 22.0. The maximum atomic E-state index is 14.3. The van der Waals surface area contributed by atoms with E-state index in [2.05, 4.69) is 15.2 Å². The second-order valence-electron chi connectivity index (χ2n) is 11.0. The third kappa shape index (κ3) is 4.23. The van der Waals surface area contributed by atoms with Crippen molar-refractivity contribution >= 4 is 11.0 Å². The minimum Gasteiger partial charge on any atom is -0.369 e. The predicted molar refractivity (Wildman–Crippen MR) is 145 cm³/mol. The van der Waals surface area contributed by atoms with Crippen molar-refractivity contribution in [3.05, 3.63) is 106 Å². The Balaban J connectivity index is 1.26. The molecular formula is C30H28F2N6O2. The van der Waals surface area contributed by atoms with E-state index in [0.29, 0.717) is 46.5 Å². The molecule has 10 heteroatoms. The van der Waals surface area contributed by atoms with Crippen molar-refractivity contribution < 1.29 is 13.5 Å². The molecule has 2 saturated carbocycles. The van der Waals surface area contributed by atoms with Crippen molar-refractivity contribution in [3.63, 3.8) is 0 Å². The zero-order chi connectivity index (χ0) is 27.5. The summed E-state index contributed by atoms with van der Waals surface area (Å²) in [6.07, 6.45) is 4.74. The van der Waals surface area contributed by atoms with Gasteiger partial charge in [-0.25, -0.2) is 13.8 Å². The number of pyridine rings is 1. The number of hydrogen-bond donors (Lipinski definition) is 1. The number of halogens is 2. The number of imidazole rings is 1. The predicted octanol–water partition coefficient (Wildman–Crippen LogP) is 5.15. The van der Waals surface area contributed by atoms with Gasteiger partial charge in [0.15, 0.2) is 0 Å². The van der Waals surface area contributed by atoms with Crippen LogP contribution in [0.3, 0.4) is 0 Å². The third-order valence-electron chi connectivity index (χ3n) is 8.03. The highest BCUT2D eigenvalue weighted by Gasteiger charge is 2.60. The molecular weight excluding hydrogens is 514 g/mol. The summed E-state index contributed by atoms with van der Waals surface area (Å²) in [5.74, 6) is -1.37. The van der Waals surface area contributed by atoms with Crippen LogP contribution in [0.4, 0.5) is 8.78 Å². The van der Waals surface area contributed by atoms with Crippen LogP contribution < -0.4 is 5.56 Å². The summed E-state index contributed by atoms with van der Waals surface area (Å²) in [7, 11) is 1.76. The lowest BCUT2D eigenvalue weighted by atomic mass is 9.61. The van der Waals surface area contributed by atoms with Crippen LogP contribution in [0, 0.1) is 0 Å². The molecule has 2 aliphatic carbocycles. The largest absolute Gasteiger partial charge is 0.369 e. The zero-order valence-electron chi connectivity index (χ0n) is 22.0. The maximum absolute atomic E-state index is 14.3. The molecule has 0 unspecified atom stereocenters. The fraction of sp³-hybridized carbons (Fsp3) is 0.333. The number of nitrogens with one attached hydrogen (secondary N) is 1. The number of nitrogens with zero attached hydrogens (tertiary/aromatic N) is 5. The first-order valence-corrected chi connectivity index (χ1v) is 13.4. The molecule has 0 aliphatic heterocycles. The number of aromatic amines is 1. The number of H-pyrrole nitrogens is 1. The van der Waals surface area contributed by atoms with Gasteiger partial charge >= 0.3 is 0 Å².